The summed E-state index contributed by atoms with van der Waals surface area (Å²) in [6, 6.07) is 0. The molecule has 0 aromatic rings. The third kappa shape index (κ3) is 2.67. The SMILES string of the molecule is CC(C)(C)OC(=O)[C@]1(C)C[C@@H](F)CN1. The van der Waals surface area contributed by atoms with E-state index in [0.717, 1.165) is 0 Å². The van der Waals surface area contributed by atoms with Crippen LogP contribution in [0, 0.1) is 0 Å². The highest BCUT2D eigenvalue weighted by atomic mass is 19.1. The number of carbonyl (C=O) groups is 1. The third-order valence-corrected chi connectivity index (χ3v) is 2.19. The normalized spacial score (nSPS) is 33.1. The molecule has 2 atom stereocenters. The maximum absolute atomic E-state index is 12.9. The predicted octanol–water partition coefficient (Wildman–Crippen LogP) is 1.42. The highest BCUT2D eigenvalue weighted by Crippen LogP contribution is 2.24. The topological polar surface area (TPSA) is 38.3 Å². The minimum atomic E-state index is -0.951. The highest BCUT2D eigenvalue weighted by molar-refractivity contribution is 5.81. The van der Waals surface area contributed by atoms with Crippen LogP contribution in [0.25, 0.3) is 0 Å². The average molecular weight is 203 g/mol. The van der Waals surface area contributed by atoms with Crippen LogP contribution in [0.15, 0.2) is 0 Å². The summed E-state index contributed by atoms with van der Waals surface area (Å²) in [5.74, 6) is -0.370. The van der Waals surface area contributed by atoms with Crippen LogP contribution in [0.4, 0.5) is 4.39 Å². The summed E-state index contributed by atoms with van der Waals surface area (Å²) in [5.41, 5.74) is -1.37. The summed E-state index contributed by atoms with van der Waals surface area (Å²) in [4.78, 5) is 11.7. The van der Waals surface area contributed by atoms with Gasteiger partial charge >= 0.3 is 5.97 Å². The fraction of sp³-hybridized carbons (Fsp3) is 0.900. The molecule has 0 amide bonds. The minimum Gasteiger partial charge on any atom is -0.459 e. The zero-order chi connectivity index (χ0) is 11.0. The van der Waals surface area contributed by atoms with Crippen molar-refractivity contribution in [1.82, 2.24) is 5.32 Å². The van der Waals surface area contributed by atoms with E-state index in [9.17, 15) is 9.18 Å². The van der Waals surface area contributed by atoms with Gasteiger partial charge in [0.05, 0.1) is 0 Å². The molecule has 0 radical (unpaired) electrons. The van der Waals surface area contributed by atoms with E-state index in [1.165, 1.54) is 0 Å². The molecule has 1 N–H and O–H groups in total. The Morgan fingerprint density at radius 2 is 2.14 bits per heavy atom. The molecule has 14 heavy (non-hydrogen) atoms. The number of carbonyl (C=O) groups excluding carboxylic acids is 1. The monoisotopic (exact) mass is 203 g/mol. The molecular weight excluding hydrogens is 185 g/mol. The van der Waals surface area contributed by atoms with Gasteiger partial charge in [0.1, 0.15) is 17.3 Å². The molecule has 0 aromatic carbocycles. The number of ether oxygens (including phenoxy) is 1. The smallest absolute Gasteiger partial charge is 0.326 e. The molecule has 1 aliphatic heterocycles. The third-order valence-electron chi connectivity index (χ3n) is 2.19. The summed E-state index contributed by atoms with van der Waals surface area (Å²) in [5, 5.41) is 2.86. The minimum absolute atomic E-state index is 0.196. The number of halogens is 1. The van der Waals surface area contributed by atoms with E-state index in [1.807, 2.05) is 0 Å². The lowest BCUT2D eigenvalue weighted by Crippen LogP contribution is -2.48. The highest BCUT2D eigenvalue weighted by Gasteiger charge is 2.43. The second-order valence-corrected chi connectivity index (χ2v) is 5.02. The molecule has 4 heteroatoms. The van der Waals surface area contributed by atoms with Gasteiger partial charge in [-0.15, -0.1) is 0 Å². The maximum Gasteiger partial charge on any atom is 0.326 e. The Labute approximate surface area is 84.0 Å². The molecule has 0 aliphatic carbocycles. The van der Waals surface area contributed by atoms with Gasteiger partial charge in [-0.05, 0) is 27.7 Å². The van der Waals surface area contributed by atoms with Crippen molar-refractivity contribution in [3.8, 4) is 0 Å². The molecule has 1 saturated heterocycles. The Morgan fingerprint density at radius 3 is 2.50 bits per heavy atom. The van der Waals surface area contributed by atoms with Crippen LogP contribution in [0.2, 0.25) is 0 Å². The van der Waals surface area contributed by atoms with E-state index >= 15 is 0 Å². The molecule has 1 heterocycles. The van der Waals surface area contributed by atoms with E-state index < -0.39 is 17.3 Å². The van der Waals surface area contributed by atoms with Crippen molar-refractivity contribution in [3.63, 3.8) is 0 Å². The van der Waals surface area contributed by atoms with Gasteiger partial charge in [0.25, 0.3) is 0 Å². The summed E-state index contributed by atoms with van der Waals surface area (Å²) in [7, 11) is 0. The van der Waals surface area contributed by atoms with Crippen molar-refractivity contribution < 1.29 is 13.9 Å². The van der Waals surface area contributed by atoms with Crippen LogP contribution < -0.4 is 5.32 Å². The Kier molecular flexibility index (Phi) is 2.86. The van der Waals surface area contributed by atoms with Crippen LogP contribution in [0.3, 0.4) is 0 Å². The summed E-state index contributed by atoms with van der Waals surface area (Å²) in [6.07, 6.45) is -0.755. The van der Waals surface area contributed by atoms with Crippen molar-refractivity contribution in [1.29, 1.82) is 0 Å². The van der Waals surface area contributed by atoms with Crippen molar-refractivity contribution in [2.24, 2.45) is 0 Å². The lowest BCUT2D eigenvalue weighted by atomic mass is 10.00. The molecule has 1 rings (SSSR count). The van der Waals surface area contributed by atoms with E-state index in [0.29, 0.717) is 0 Å². The number of hydrogen-bond donors (Lipinski definition) is 1. The van der Waals surface area contributed by atoms with Crippen molar-refractivity contribution in [2.45, 2.75) is 51.4 Å². The number of alkyl halides is 1. The largest absolute Gasteiger partial charge is 0.459 e. The quantitative estimate of drug-likeness (QED) is 0.655. The maximum atomic E-state index is 12.9. The number of hydrogen-bond acceptors (Lipinski definition) is 3. The van der Waals surface area contributed by atoms with Gasteiger partial charge in [-0.3, -0.25) is 10.1 Å². The second kappa shape index (κ2) is 3.50. The molecule has 0 aromatic heterocycles. The van der Waals surface area contributed by atoms with Crippen LogP contribution in [-0.4, -0.2) is 29.8 Å². The average Bonchev–Trinajstić information content (AvgIpc) is 2.29. The standard InChI is InChI=1S/C10H18FNO2/c1-9(2,3)14-8(13)10(4)5-7(11)6-12-10/h7,12H,5-6H2,1-4H3/t7-,10+/m1/s1. The fourth-order valence-corrected chi connectivity index (χ4v) is 1.47. The second-order valence-electron chi connectivity index (χ2n) is 5.02. The van der Waals surface area contributed by atoms with Crippen molar-refractivity contribution in [2.75, 3.05) is 6.54 Å². The number of esters is 1. The van der Waals surface area contributed by atoms with E-state index in [2.05, 4.69) is 5.32 Å². The molecule has 1 aliphatic rings. The molecule has 82 valence electrons. The molecular formula is C10H18FNO2. The van der Waals surface area contributed by atoms with Crippen molar-refractivity contribution >= 4 is 5.97 Å². The Hall–Kier alpha value is -0.640. The summed E-state index contributed by atoms with van der Waals surface area (Å²) < 4.78 is 18.1. The lowest BCUT2D eigenvalue weighted by molar-refractivity contribution is -0.162. The van der Waals surface area contributed by atoms with Gasteiger partial charge in [-0.2, -0.15) is 0 Å². The molecule has 0 unspecified atom stereocenters. The van der Waals surface area contributed by atoms with Gasteiger partial charge < -0.3 is 4.74 Å². The van der Waals surface area contributed by atoms with E-state index in [1.54, 1.807) is 27.7 Å². The first kappa shape index (κ1) is 11.4. The van der Waals surface area contributed by atoms with E-state index in [4.69, 9.17) is 4.74 Å². The Balaban J connectivity index is 2.61. The zero-order valence-electron chi connectivity index (χ0n) is 9.19. The molecule has 0 bridgehead atoms. The first-order valence-corrected chi connectivity index (χ1v) is 4.85. The van der Waals surface area contributed by atoms with E-state index in [-0.39, 0.29) is 18.9 Å². The molecule has 0 spiro atoms. The van der Waals surface area contributed by atoms with Crippen LogP contribution >= 0.6 is 0 Å². The van der Waals surface area contributed by atoms with Gasteiger partial charge in [-0.1, -0.05) is 0 Å². The molecule has 0 saturated carbocycles. The molecule has 3 nitrogen and oxygen atoms in total. The summed E-state index contributed by atoms with van der Waals surface area (Å²) in [6.45, 7) is 7.32. The molecule has 1 fully saturated rings. The summed E-state index contributed by atoms with van der Waals surface area (Å²) >= 11 is 0. The zero-order valence-corrected chi connectivity index (χ0v) is 9.19. The van der Waals surface area contributed by atoms with Crippen LogP contribution in [-0.2, 0) is 9.53 Å². The Bertz CT molecular complexity index is 237. The fourth-order valence-electron chi connectivity index (χ4n) is 1.47. The van der Waals surface area contributed by atoms with Gasteiger partial charge in [0.2, 0.25) is 0 Å². The Morgan fingerprint density at radius 1 is 1.57 bits per heavy atom. The first-order valence-electron chi connectivity index (χ1n) is 4.85. The first-order chi connectivity index (χ1) is 6.23. The lowest BCUT2D eigenvalue weighted by Gasteiger charge is -2.28. The van der Waals surface area contributed by atoms with Gasteiger partial charge in [0, 0.05) is 13.0 Å². The predicted molar refractivity (Wildman–Crippen MR) is 51.8 cm³/mol. The van der Waals surface area contributed by atoms with Gasteiger partial charge in [-0.25, -0.2) is 4.39 Å². The number of rotatable bonds is 1. The van der Waals surface area contributed by atoms with Crippen molar-refractivity contribution in [3.05, 3.63) is 0 Å². The number of nitrogens with one attached hydrogen (secondary N) is 1. The van der Waals surface area contributed by atoms with Gasteiger partial charge in [0.15, 0.2) is 0 Å². The van der Waals surface area contributed by atoms with Crippen LogP contribution in [0.1, 0.15) is 34.1 Å². The van der Waals surface area contributed by atoms with Crippen LogP contribution in [0.5, 0.6) is 0 Å².